The van der Waals surface area contributed by atoms with Crippen LogP contribution in [0, 0.1) is 6.92 Å². The van der Waals surface area contributed by atoms with Crippen LogP contribution in [0.3, 0.4) is 0 Å². The fourth-order valence-corrected chi connectivity index (χ4v) is 6.14. The zero-order valence-corrected chi connectivity index (χ0v) is 16.2. The molecule has 130 valence electrons. The van der Waals surface area contributed by atoms with Gasteiger partial charge in [0, 0.05) is 35.9 Å². The number of hydrogen-bond donors (Lipinski definition) is 0. The molecule has 8 heteroatoms. The normalized spacial score (nSPS) is 18.8. The number of rotatable bonds is 3. The lowest BCUT2D eigenvalue weighted by molar-refractivity contribution is 0.205. The van der Waals surface area contributed by atoms with Gasteiger partial charge in [0.1, 0.15) is 0 Å². The highest BCUT2D eigenvalue weighted by Crippen LogP contribution is 2.32. The van der Waals surface area contributed by atoms with E-state index in [9.17, 15) is 8.42 Å². The third-order valence-electron chi connectivity index (χ3n) is 4.16. The molecule has 0 N–H and O–H groups in total. The van der Waals surface area contributed by atoms with Gasteiger partial charge in [0.05, 0.1) is 11.2 Å². The molecule has 0 amide bonds. The number of thiazole rings is 1. The predicted octanol–water partition coefficient (Wildman–Crippen LogP) is 3.39. The Hall–Kier alpha value is -1.15. The van der Waals surface area contributed by atoms with E-state index in [0.29, 0.717) is 28.9 Å². The van der Waals surface area contributed by atoms with Crippen molar-refractivity contribution in [3.8, 4) is 0 Å². The van der Waals surface area contributed by atoms with Gasteiger partial charge in [-0.25, -0.2) is 13.4 Å². The Bertz CT molecular complexity index is 831. The Morgan fingerprint density at radius 1 is 1.21 bits per heavy atom. The summed E-state index contributed by atoms with van der Waals surface area (Å²) in [5, 5.41) is 1.45. The molecule has 0 bridgehead atoms. The first-order chi connectivity index (χ1) is 11.2. The molecule has 1 aliphatic rings. The number of piperazine rings is 1. The Morgan fingerprint density at radius 2 is 1.88 bits per heavy atom. The number of aromatic nitrogens is 1. The van der Waals surface area contributed by atoms with Gasteiger partial charge in [0.15, 0.2) is 4.21 Å². The van der Waals surface area contributed by atoms with Crippen LogP contribution in [0.2, 0.25) is 5.02 Å². The summed E-state index contributed by atoms with van der Waals surface area (Å²) in [4.78, 5) is 6.28. The SMILES string of the molecule is Cc1ncc(S(=O)(=O)N2CCN(c3ccc(Cl)cc3)CC2(C)C)s1. The molecule has 2 heterocycles. The van der Waals surface area contributed by atoms with E-state index in [2.05, 4.69) is 9.88 Å². The Balaban J connectivity index is 1.85. The molecular weight excluding hydrogens is 366 g/mol. The third kappa shape index (κ3) is 3.31. The van der Waals surface area contributed by atoms with Crippen molar-refractivity contribution < 1.29 is 8.42 Å². The minimum Gasteiger partial charge on any atom is -0.368 e. The van der Waals surface area contributed by atoms with Crippen molar-refractivity contribution in [3.05, 3.63) is 40.5 Å². The predicted molar refractivity (Wildman–Crippen MR) is 98.5 cm³/mol. The van der Waals surface area contributed by atoms with Crippen molar-refractivity contribution in [2.45, 2.75) is 30.5 Å². The van der Waals surface area contributed by atoms with E-state index in [1.54, 1.807) is 4.31 Å². The topological polar surface area (TPSA) is 53.5 Å². The zero-order chi connectivity index (χ0) is 17.5. The summed E-state index contributed by atoms with van der Waals surface area (Å²) in [5.41, 5.74) is 0.535. The monoisotopic (exact) mass is 385 g/mol. The number of nitrogens with zero attached hydrogens (tertiary/aromatic N) is 3. The smallest absolute Gasteiger partial charge is 0.254 e. The first-order valence-electron chi connectivity index (χ1n) is 7.66. The molecule has 24 heavy (non-hydrogen) atoms. The second-order valence-corrected chi connectivity index (χ2v) is 10.2. The van der Waals surface area contributed by atoms with E-state index < -0.39 is 15.6 Å². The highest BCUT2D eigenvalue weighted by molar-refractivity contribution is 7.91. The number of hydrogen-bond acceptors (Lipinski definition) is 5. The molecule has 0 spiro atoms. The van der Waals surface area contributed by atoms with Crippen molar-refractivity contribution in [2.24, 2.45) is 0 Å². The van der Waals surface area contributed by atoms with Gasteiger partial charge in [0.25, 0.3) is 10.0 Å². The molecule has 5 nitrogen and oxygen atoms in total. The average Bonchev–Trinajstić information content (AvgIpc) is 2.94. The van der Waals surface area contributed by atoms with Crippen molar-refractivity contribution in [1.29, 1.82) is 0 Å². The molecule has 3 rings (SSSR count). The summed E-state index contributed by atoms with van der Waals surface area (Å²) in [6.07, 6.45) is 1.46. The standard InChI is InChI=1S/C16H20ClN3O2S2/c1-12-18-10-15(23-12)24(21,22)20-9-8-19(11-16(20,2)3)14-6-4-13(17)5-7-14/h4-7,10H,8-9,11H2,1-3H3. The zero-order valence-electron chi connectivity index (χ0n) is 13.9. The van der Waals surface area contributed by atoms with Crippen LogP contribution < -0.4 is 4.90 Å². The molecular formula is C16H20ClN3O2S2. The molecule has 0 saturated carbocycles. The van der Waals surface area contributed by atoms with Gasteiger partial charge in [-0.2, -0.15) is 4.31 Å². The van der Waals surface area contributed by atoms with Crippen LogP contribution in [0.5, 0.6) is 0 Å². The molecule has 1 aliphatic heterocycles. The van der Waals surface area contributed by atoms with Gasteiger partial charge >= 0.3 is 0 Å². The number of anilines is 1. The van der Waals surface area contributed by atoms with Gasteiger partial charge in [0.2, 0.25) is 0 Å². The Labute approximate surface area is 151 Å². The fourth-order valence-electron chi connectivity index (χ4n) is 3.03. The third-order valence-corrected chi connectivity index (χ3v) is 7.87. The highest BCUT2D eigenvalue weighted by atomic mass is 35.5. The van der Waals surface area contributed by atoms with E-state index >= 15 is 0 Å². The molecule has 1 saturated heterocycles. The van der Waals surface area contributed by atoms with Crippen molar-refractivity contribution >= 4 is 38.6 Å². The molecule has 0 aliphatic carbocycles. The fraction of sp³-hybridized carbons (Fsp3) is 0.438. The molecule has 1 fully saturated rings. The number of benzene rings is 1. The second-order valence-electron chi connectivity index (χ2n) is 6.49. The minimum absolute atomic E-state index is 0.313. The first kappa shape index (κ1) is 17.7. The van der Waals surface area contributed by atoms with Crippen LogP contribution >= 0.6 is 22.9 Å². The van der Waals surface area contributed by atoms with Crippen LogP contribution in [0.1, 0.15) is 18.9 Å². The van der Waals surface area contributed by atoms with E-state index in [-0.39, 0.29) is 0 Å². The Kier molecular flexibility index (Phi) is 4.63. The average molecular weight is 386 g/mol. The molecule has 0 radical (unpaired) electrons. The maximum atomic E-state index is 13.0. The quantitative estimate of drug-likeness (QED) is 0.812. The van der Waals surface area contributed by atoms with E-state index in [4.69, 9.17) is 11.6 Å². The van der Waals surface area contributed by atoms with Gasteiger partial charge in [-0.1, -0.05) is 11.6 Å². The van der Waals surface area contributed by atoms with E-state index in [1.165, 1.54) is 17.5 Å². The lowest BCUT2D eigenvalue weighted by Gasteiger charge is -2.46. The summed E-state index contributed by atoms with van der Waals surface area (Å²) >= 11 is 7.17. The van der Waals surface area contributed by atoms with Crippen molar-refractivity contribution in [3.63, 3.8) is 0 Å². The molecule has 0 atom stereocenters. The van der Waals surface area contributed by atoms with Gasteiger partial charge in [-0.15, -0.1) is 11.3 Å². The summed E-state index contributed by atoms with van der Waals surface area (Å²) in [7, 11) is -3.52. The van der Waals surface area contributed by atoms with Crippen LogP contribution in [-0.2, 0) is 10.0 Å². The van der Waals surface area contributed by atoms with Crippen molar-refractivity contribution in [1.82, 2.24) is 9.29 Å². The lowest BCUT2D eigenvalue weighted by Crippen LogP contribution is -2.60. The van der Waals surface area contributed by atoms with Crippen LogP contribution in [0.25, 0.3) is 0 Å². The molecule has 2 aromatic rings. The maximum Gasteiger partial charge on any atom is 0.254 e. The summed E-state index contributed by atoms with van der Waals surface area (Å²) in [6.45, 7) is 7.43. The van der Waals surface area contributed by atoms with Crippen LogP contribution in [0.15, 0.2) is 34.7 Å². The highest BCUT2D eigenvalue weighted by Gasteiger charge is 2.42. The minimum atomic E-state index is -3.52. The second kappa shape index (κ2) is 6.29. The summed E-state index contributed by atoms with van der Waals surface area (Å²) in [5.74, 6) is 0. The van der Waals surface area contributed by atoms with Crippen LogP contribution in [0.4, 0.5) is 5.69 Å². The number of sulfonamides is 1. The van der Waals surface area contributed by atoms with Gasteiger partial charge < -0.3 is 4.90 Å². The molecule has 0 unspecified atom stereocenters. The lowest BCUT2D eigenvalue weighted by atomic mass is 10.0. The van der Waals surface area contributed by atoms with E-state index in [1.807, 2.05) is 45.0 Å². The number of aryl methyl sites for hydroxylation is 1. The number of halogens is 1. The van der Waals surface area contributed by atoms with Gasteiger partial charge in [-0.05, 0) is 45.0 Å². The largest absolute Gasteiger partial charge is 0.368 e. The van der Waals surface area contributed by atoms with Crippen LogP contribution in [-0.4, -0.2) is 42.9 Å². The Morgan fingerprint density at radius 3 is 2.42 bits per heavy atom. The van der Waals surface area contributed by atoms with Gasteiger partial charge in [-0.3, -0.25) is 0 Å². The first-order valence-corrected chi connectivity index (χ1v) is 10.3. The maximum absolute atomic E-state index is 13.0. The van der Waals surface area contributed by atoms with Crippen molar-refractivity contribution in [2.75, 3.05) is 24.5 Å². The van der Waals surface area contributed by atoms with E-state index in [0.717, 1.165) is 10.7 Å². The summed E-state index contributed by atoms with van der Waals surface area (Å²) < 4.78 is 27.8. The molecule has 1 aromatic heterocycles. The molecule has 1 aromatic carbocycles. The summed E-state index contributed by atoms with van der Waals surface area (Å²) in [6, 6.07) is 7.64.